The number of anilines is 2. The molecule has 7 nitrogen and oxygen atoms in total. The number of methoxy groups -OCH3 is 1. The molecule has 2 aromatic rings. The van der Waals surface area contributed by atoms with E-state index in [1.54, 1.807) is 39.0 Å². The number of sulfonamides is 1. The lowest BCUT2D eigenvalue weighted by Gasteiger charge is -2.20. The van der Waals surface area contributed by atoms with Gasteiger partial charge in [0.05, 0.1) is 23.4 Å². The van der Waals surface area contributed by atoms with Crippen LogP contribution in [-0.2, 0) is 10.0 Å². The van der Waals surface area contributed by atoms with Crippen LogP contribution in [0.1, 0.15) is 31.1 Å². The third kappa shape index (κ3) is 4.96. The first-order chi connectivity index (χ1) is 12.0. The van der Waals surface area contributed by atoms with Crippen molar-refractivity contribution in [1.82, 2.24) is 4.72 Å². The fraction of sp³-hybridized carbons (Fsp3) is 0.278. The fourth-order valence-electron chi connectivity index (χ4n) is 2.21. The van der Waals surface area contributed by atoms with Crippen LogP contribution in [0.2, 0.25) is 0 Å². The van der Waals surface area contributed by atoms with Gasteiger partial charge in [-0.05, 0) is 57.2 Å². The molecule has 0 atom stereocenters. The highest BCUT2D eigenvalue weighted by atomic mass is 32.2. The van der Waals surface area contributed by atoms with Gasteiger partial charge in [0.2, 0.25) is 10.0 Å². The Morgan fingerprint density at radius 2 is 1.69 bits per heavy atom. The molecule has 2 aromatic carbocycles. The standard InChI is InChI=1S/C18H23N3O4S/c1-18(2,3)21-26(23,24)14-8-5-12(6-9-14)17(22)20-16-11-13(25-4)7-10-15(16)19/h5-11,21H,19H2,1-4H3,(H,20,22). The maximum absolute atomic E-state index is 12.4. The van der Waals surface area contributed by atoms with E-state index in [0.29, 0.717) is 22.7 Å². The van der Waals surface area contributed by atoms with Crippen LogP contribution in [-0.4, -0.2) is 27.0 Å². The van der Waals surface area contributed by atoms with Crippen molar-refractivity contribution in [3.63, 3.8) is 0 Å². The summed E-state index contributed by atoms with van der Waals surface area (Å²) in [5.74, 6) is 0.155. The van der Waals surface area contributed by atoms with Crippen molar-refractivity contribution >= 4 is 27.3 Å². The lowest BCUT2D eigenvalue weighted by atomic mass is 10.1. The minimum absolute atomic E-state index is 0.0878. The van der Waals surface area contributed by atoms with Gasteiger partial charge in [0.1, 0.15) is 5.75 Å². The van der Waals surface area contributed by atoms with Crippen LogP contribution in [0.15, 0.2) is 47.4 Å². The third-order valence-electron chi connectivity index (χ3n) is 3.38. The van der Waals surface area contributed by atoms with Gasteiger partial charge in [-0.3, -0.25) is 4.79 Å². The molecule has 4 N–H and O–H groups in total. The number of carbonyl (C=O) groups is 1. The van der Waals surface area contributed by atoms with Crippen molar-refractivity contribution in [2.45, 2.75) is 31.2 Å². The van der Waals surface area contributed by atoms with Crippen LogP contribution in [0.5, 0.6) is 5.75 Å². The number of hydrogen-bond acceptors (Lipinski definition) is 5. The minimum atomic E-state index is -3.65. The van der Waals surface area contributed by atoms with Crippen LogP contribution in [0.4, 0.5) is 11.4 Å². The Labute approximate surface area is 153 Å². The number of amides is 1. The highest BCUT2D eigenvalue weighted by molar-refractivity contribution is 7.89. The third-order valence-corrected chi connectivity index (χ3v) is 5.15. The summed E-state index contributed by atoms with van der Waals surface area (Å²) in [6, 6.07) is 10.6. The maximum Gasteiger partial charge on any atom is 0.255 e. The topological polar surface area (TPSA) is 111 Å². The van der Waals surface area contributed by atoms with Gasteiger partial charge in [0.25, 0.3) is 5.91 Å². The summed E-state index contributed by atoms with van der Waals surface area (Å²) in [7, 11) is -2.14. The van der Waals surface area contributed by atoms with E-state index < -0.39 is 21.5 Å². The van der Waals surface area contributed by atoms with E-state index in [-0.39, 0.29) is 4.90 Å². The summed E-state index contributed by atoms with van der Waals surface area (Å²) in [5.41, 5.74) is 6.37. The van der Waals surface area contributed by atoms with E-state index in [2.05, 4.69) is 10.0 Å². The van der Waals surface area contributed by atoms with E-state index in [1.165, 1.54) is 31.4 Å². The number of benzene rings is 2. The summed E-state index contributed by atoms with van der Waals surface area (Å²) in [5, 5.41) is 2.69. The van der Waals surface area contributed by atoms with Crippen molar-refractivity contribution < 1.29 is 17.9 Å². The quantitative estimate of drug-likeness (QED) is 0.694. The predicted octanol–water partition coefficient (Wildman–Crippen LogP) is 2.61. The van der Waals surface area contributed by atoms with Gasteiger partial charge in [-0.25, -0.2) is 13.1 Å². The molecule has 2 rings (SSSR count). The highest BCUT2D eigenvalue weighted by Gasteiger charge is 2.22. The summed E-state index contributed by atoms with van der Waals surface area (Å²) in [4.78, 5) is 12.5. The molecular weight excluding hydrogens is 354 g/mol. The molecule has 0 saturated carbocycles. The van der Waals surface area contributed by atoms with E-state index >= 15 is 0 Å². The monoisotopic (exact) mass is 377 g/mol. The molecule has 0 aliphatic heterocycles. The average molecular weight is 377 g/mol. The van der Waals surface area contributed by atoms with Gasteiger partial charge < -0.3 is 15.8 Å². The first-order valence-corrected chi connectivity index (χ1v) is 9.39. The largest absolute Gasteiger partial charge is 0.497 e. The molecule has 0 spiro atoms. The average Bonchev–Trinajstić information content (AvgIpc) is 2.55. The summed E-state index contributed by atoms with van der Waals surface area (Å²) < 4.78 is 32.3. The molecule has 0 aliphatic rings. The van der Waals surface area contributed by atoms with Crippen LogP contribution in [0.3, 0.4) is 0 Å². The van der Waals surface area contributed by atoms with Gasteiger partial charge in [-0.1, -0.05) is 0 Å². The highest BCUT2D eigenvalue weighted by Crippen LogP contribution is 2.25. The molecule has 0 aromatic heterocycles. The number of nitrogens with one attached hydrogen (secondary N) is 2. The smallest absolute Gasteiger partial charge is 0.255 e. The molecule has 26 heavy (non-hydrogen) atoms. The zero-order valence-corrected chi connectivity index (χ0v) is 16.0. The molecule has 0 heterocycles. The second kappa shape index (κ2) is 7.35. The zero-order valence-electron chi connectivity index (χ0n) is 15.2. The van der Waals surface area contributed by atoms with Crippen LogP contribution in [0.25, 0.3) is 0 Å². The number of hydrogen-bond donors (Lipinski definition) is 3. The molecule has 0 unspecified atom stereocenters. The van der Waals surface area contributed by atoms with Crippen LogP contribution < -0.4 is 20.5 Å². The molecule has 1 amide bonds. The molecular formula is C18H23N3O4S. The Bertz CT molecular complexity index is 901. The van der Waals surface area contributed by atoms with E-state index in [1.807, 2.05) is 0 Å². The van der Waals surface area contributed by atoms with E-state index in [4.69, 9.17) is 10.5 Å². The number of rotatable bonds is 5. The normalized spacial score (nSPS) is 11.8. The number of ether oxygens (including phenoxy) is 1. The Kier molecular flexibility index (Phi) is 5.58. The molecule has 0 aliphatic carbocycles. The summed E-state index contributed by atoms with van der Waals surface area (Å²) in [6.07, 6.45) is 0. The van der Waals surface area contributed by atoms with Gasteiger partial charge in [0.15, 0.2) is 0 Å². The summed E-state index contributed by atoms with van der Waals surface area (Å²) >= 11 is 0. The van der Waals surface area contributed by atoms with Crippen molar-refractivity contribution in [2.75, 3.05) is 18.2 Å². The Balaban J connectivity index is 2.19. The second-order valence-corrected chi connectivity index (χ2v) is 8.47. The van der Waals surface area contributed by atoms with Gasteiger partial charge in [0, 0.05) is 17.2 Å². The van der Waals surface area contributed by atoms with E-state index in [0.717, 1.165) is 0 Å². The lowest BCUT2D eigenvalue weighted by molar-refractivity contribution is 0.102. The van der Waals surface area contributed by atoms with E-state index in [9.17, 15) is 13.2 Å². The maximum atomic E-state index is 12.4. The molecule has 0 saturated heterocycles. The Morgan fingerprint density at radius 1 is 1.08 bits per heavy atom. The fourth-order valence-corrected chi connectivity index (χ4v) is 3.63. The van der Waals surface area contributed by atoms with Crippen molar-refractivity contribution in [3.05, 3.63) is 48.0 Å². The van der Waals surface area contributed by atoms with Gasteiger partial charge >= 0.3 is 0 Å². The second-order valence-electron chi connectivity index (χ2n) is 6.79. The Morgan fingerprint density at radius 3 is 2.23 bits per heavy atom. The van der Waals surface area contributed by atoms with Crippen molar-refractivity contribution in [1.29, 1.82) is 0 Å². The zero-order chi connectivity index (χ0) is 19.5. The van der Waals surface area contributed by atoms with Crippen molar-refractivity contribution in [2.24, 2.45) is 0 Å². The predicted molar refractivity (Wildman–Crippen MR) is 102 cm³/mol. The van der Waals surface area contributed by atoms with Crippen LogP contribution >= 0.6 is 0 Å². The van der Waals surface area contributed by atoms with Crippen LogP contribution in [0, 0.1) is 0 Å². The lowest BCUT2D eigenvalue weighted by Crippen LogP contribution is -2.40. The number of nitrogen functional groups attached to an aromatic ring is 1. The molecule has 140 valence electrons. The SMILES string of the molecule is COc1ccc(N)c(NC(=O)c2ccc(S(=O)(=O)NC(C)(C)C)cc2)c1. The Hall–Kier alpha value is -2.58. The summed E-state index contributed by atoms with van der Waals surface area (Å²) in [6.45, 7) is 5.26. The number of carbonyl (C=O) groups excluding carboxylic acids is 1. The molecule has 0 fully saturated rings. The number of nitrogens with two attached hydrogens (primary N) is 1. The van der Waals surface area contributed by atoms with Gasteiger partial charge in [-0.2, -0.15) is 0 Å². The molecule has 8 heteroatoms. The molecule has 0 radical (unpaired) electrons. The first kappa shape index (κ1) is 19.7. The van der Waals surface area contributed by atoms with Gasteiger partial charge in [-0.15, -0.1) is 0 Å². The first-order valence-electron chi connectivity index (χ1n) is 7.91. The van der Waals surface area contributed by atoms with Crippen molar-refractivity contribution in [3.8, 4) is 5.75 Å². The minimum Gasteiger partial charge on any atom is -0.497 e. The molecule has 0 bridgehead atoms.